The predicted molar refractivity (Wildman–Crippen MR) is 66.8 cm³/mol. The lowest BCUT2D eigenvalue weighted by atomic mass is 10.0. The van der Waals surface area contributed by atoms with Gasteiger partial charge in [0.25, 0.3) is 11.5 Å². The third-order valence-corrected chi connectivity index (χ3v) is 3.67. The molecule has 2 aliphatic heterocycles. The van der Waals surface area contributed by atoms with Crippen LogP contribution < -0.4 is 5.56 Å². The summed E-state index contributed by atoms with van der Waals surface area (Å²) in [5, 5.41) is 0. The Morgan fingerprint density at radius 1 is 1.26 bits per heavy atom. The van der Waals surface area contributed by atoms with Crippen molar-refractivity contribution < 1.29 is 14.3 Å². The molecule has 6 nitrogen and oxygen atoms in total. The molecule has 0 aromatic carbocycles. The van der Waals surface area contributed by atoms with Crippen LogP contribution in [0.25, 0.3) is 0 Å². The molecule has 102 valence electrons. The number of nitrogens with one attached hydrogen (secondary N) is 1. The minimum atomic E-state index is -0.500. The number of likely N-dealkylation sites (tertiary alicyclic amines) is 1. The van der Waals surface area contributed by atoms with E-state index in [1.54, 1.807) is 17.0 Å². The highest BCUT2D eigenvalue weighted by atomic mass is 16.7. The van der Waals surface area contributed by atoms with Crippen LogP contribution in [0.5, 0.6) is 0 Å². The highest BCUT2D eigenvalue weighted by Crippen LogP contribution is 2.31. The summed E-state index contributed by atoms with van der Waals surface area (Å²) in [4.78, 5) is 28.0. The molecule has 1 N–H and O–H groups in total. The van der Waals surface area contributed by atoms with Gasteiger partial charge in [-0.05, 0) is 12.1 Å². The Bertz CT molecular complexity index is 523. The molecule has 3 rings (SSSR count). The van der Waals surface area contributed by atoms with Gasteiger partial charge in [-0.1, -0.05) is 0 Å². The first-order valence-electron chi connectivity index (χ1n) is 6.45. The van der Waals surface area contributed by atoms with Gasteiger partial charge in [0.1, 0.15) is 5.56 Å². The molecule has 0 unspecified atom stereocenters. The van der Waals surface area contributed by atoms with Crippen molar-refractivity contribution in [1.29, 1.82) is 0 Å². The SMILES string of the molecule is O=C(c1ccc[nH]c1=O)N1CCC2(CC1)OCCO2. The molecule has 2 aliphatic rings. The average Bonchev–Trinajstić information content (AvgIpc) is 2.88. The maximum absolute atomic E-state index is 12.2. The van der Waals surface area contributed by atoms with Crippen molar-refractivity contribution in [1.82, 2.24) is 9.88 Å². The fourth-order valence-corrected chi connectivity index (χ4v) is 2.60. The Kier molecular flexibility index (Phi) is 3.12. The predicted octanol–water partition coefficient (Wildman–Crippen LogP) is 0.354. The standard InChI is InChI=1S/C13H16N2O4/c16-11-10(2-1-5-14-11)12(17)15-6-3-13(4-7-15)18-8-9-19-13/h1-2,5H,3-4,6-9H2,(H,14,16). The van der Waals surface area contributed by atoms with Gasteiger partial charge in [-0.2, -0.15) is 0 Å². The number of nitrogens with zero attached hydrogens (tertiary/aromatic N) is 1. The average molecular weight is 264 g/mol. The van der Waals surface area contributed by atoms with Crippen molar-refractivity contribution in [3.63, 3.8) is 0 Å². The van der Waals surface area contributed by atoms with Gasteiger partial charge < -0.3 is 19.4 Å². The molecule has 1 amide bonds. The van der Waals surface area contributed by atoms with E-state index in [0.29, 0.717) is 39.1 Å². The summed E-state index contributed by atoms with van der Waals surface area (Å²) in [5.41, 5.74) is -0.159. The van der Waals surface area contributed by atoms with E-state index in [1.807, 2.05) is 0 Å². The highest BCUT2D eigenvalue weighted by molar-refractivity contribution is 5.93. The summed E-state index contributed by atoms with van der Waals surface area (Å²) < 4.78 is 11.2. The molecule has 0 saturated carbocycles. The van der Waals surface area contributed by atoms with Crippen molar-refractivity contribution in [3.05, 3.63) is 34.2 Å². The van der Waals surface area contributed by atoms with E-state index < -0.39 is 5.79 Å². The van der Waals surface area contributed by atoms with Crippen LogP contribution >= 0.6 is 0 Å². The van der Waals surface area contributed by atoms with Crippen molar-refractivity contribution in [2.24, 2.45) is 0 Å². The van der Waals surface area contributed by atoms with E-state index >= 15 is 0 Å². The topological polar surface area (TPSA) is 71.6 Å². The molecule has 0 bridgehead atoms. The largest absolute Gasteiger partial charge is 0.347 e. The van der Waals surface area contributed by atoms with E-state index in [2.05, 4.69) is 4.98 Å². The van der Waals surface area contributed by atoms with Crippen LogP contribution in [0.15, 0.2) is 23.1 Å². The number of aromatic amines is 1. The Hall–Kier alpha value is -1.66. The molecule has 1 aromatic heterocycles. The van der Waals surface area contributed by atoms with Crippen LogP contribution in [0, 0.1) is 0 Å². The zero-order valence-electron chi connectivity index (χ0n) is 10.6. The van der Waals surface area contributed by atoms with Crippen molar-refractivity contribution in [2.45, 2.75) is 18.6 Å². The normalized spacial score (nSPS) is 21.8. The number of aromatic nitrogens is 1. The van der Waals surface area contributed by atoms with Crippen molar-refractivity contribution in [3.8, 4) is 0 Å². The minimum absolute atomic E-state index is 0.187. The van der Waals surface area contributed by atoms with E-state index in [9.17, 15) is 9.59 Å². The van der Waals surface area contributed by atoms with Crippen LogP contribution in [0.3, 0.4) is 0 Å². The Labute approximate surface area is 110 Å². The van der Waals surface area contributed by atoms with Gasteiger partial charge in [0.2, 0.25) is 0 Å². The molecule has 6 heteroatoms. The summed E-state index contributed by atoms with van der Waals surface area (Å²) in [5.74, 6) is -0.727. The van der Waals surface area contributed by atoms with Crippen molar-refractivity contribution >= 4 is 5.91 Å². The molecule has 0 atom stereocenters. The number of H-pyrrole nitrogens is 1. The summed E-state index contributed by atoms with van der Waals surface area (Å²) in [6.07, 6.45) is 2.83. The summed E-state index contributed by atoms with van der Waals surface area (Å²) in [7, 11) is 0. The zero-order chi connectivity index (χ0) is 13.3. The lowest BCUT2D eigenvalue weighted by molar-refractivity contribution is -0.181. The van der Waals surface area contributed by atoms with E-state index in [4.69, 9.17) is 9.47 Å². The van der Waals surface area contributed by atoms with Gasteiger partial charge in [0, 0.05) is 32.1 Å². The van der Waals surface area contributed by atoms with Crippen molar-refractivity contribution in [2.75, 3.05) is 26.3 Å². The fraction of sp³-hybridized carbons (Fsp3) is 0.538. The monoisotopic (exact) mass is 264 g/mol. The molecule has 1 aromatic rings. The fourth-order valence-electron chi connectivity index (χ4n) is 2.60. The molecule has 0 aliphatic carbocycles. The number of piperidine rings is 1. The van der Waals surface area contributed by atoms with E-state index in [0.717, 1.165) is 0 Å². The number of pyridine rings is 1. The van der Waals surface area contributed by atoms with Crippen LogP contribution in [-0.4, -0.2) is 47.9 Å². The van der Waals surface area contributed by atoms with E-state index in [-0.39, 0.29) is 17.0 Å². The van der Waals surface area contributed by atoms with Crippen LogP contribution in [-0.2, 0) is 9.47 Å². The van der Waals surface area contributed by atoms with E-state index in [1.165, 1.54) is 6.20 Å². The molecule has 2 saturated heterocycles. The van der Waals surface area contributed by atoms with Gasteiger partial charge in [0.05, 0.1) is 13.2 Å². The lowest BCUT2D eigenvalue weighted by Gasteiger charge is -2.37. The number of hydrogen-bond acceptors (Lipinski definition) is 4. The van der Waals surface area contributed by atoms with Gasteiger partial charge in [-0.25, -0.2) is 0 Å². The first-order valence-corrected chi connectivity index (χ1v) is 6.45. The van der Waals surface area contributed by atoms with Crippen LogP contribution in [0.2, 0.25) is 0 Å². The summed E-state index contributed by atoms with van der Waals surface area (Å²) >= 11 is 0. The number of rotatable bonds is 1. The first-order chi connectivity index (χ1) is 9.20. The molecule has 0 radical (unpaired) electrons. The Morgan fingerprint density at radius 2 is 1.95 bits per heavy atom. The maximum Gasteiger partial charge on any atom is 0.260 e. The number of carbonyl (C=O) groups is 1. The van der Waals surface area contributed by atoms with Crippen LogP contribution in [0.4, 0.5) is 0 Å². The minimum Gasteiger partial charge on any atom is -0.347 e. The molecule has 2 fully saturated rings. The molecule has 19 heavy (non-hydrogen) atoms. The Morgan fingerprint density at radius 3 is 2.58 bits per heavy atom. The van der Waals surface area contributed by atoms with Crippen LogP contribution in [0.1, 0.15) is 23.2 Å². The number of carbonyl (C=O) groups excluding carboxylic acids is 1. The zero-order valence-corrected chi connectivity index (χ0v) is 10.6. The maximum atomic E-state index is 12.2. The third-order valence-electron chi connectivity index (χ3n) is 3.67. The lowest BCUT2D eigenvalue weighted by Crippen LogP contribution is -2.48. The van der Waals surface area contributed by atoms with Gasteiger partial charge in [-0.3, -0.25) is 9.59 Å². The number of amides is 1. The second kappa shape index (κ2) is 4.79. The molecule has 3 heterocycles. The second-order valence-corrected chi connectivity index (χ2v) is 4.81. The quantitative estimate of drug-likeness (QED) is 0.794. The van der Waals surface area contributed by atoms with Gasteiger partial charge in [-0.15, -0.1) is 0 Å². The molecular formula is C13H16N2O4. The highest BCUT2D eigenvalue weighted by Gasteiger charge is 2.41. The molecule has 1 spiro atoms. The third kappa shape index (κ3) is 2.29. The van der Waals surface area contributed by atoms with Gasteiger partial charge in [0.15, 0.2) is 5.79 Å². The van der Waals surface area contributed by atoms with Gasteiger partial charge >= 0.3 is 0 Å². The second-order valence-electron chi connectivity index (χ2n) is 4.81. The smallest absolute Gasteiger partial charge is 0.260 e. The number of hydrogen-bond donors (Lipinski definition) is 1. The Balaban J connectivity index is 1.70. The number of ether oxygens (including phenoxy) is 2. The first kappa shape index (κ1) is 12.4. The molecular weight excluding hydrogens is 248 g/mol. The summed E-state index contributed by atoms with van der Waals surface area (Å²) in [6.45, 7) is 2.33. The summed E-state index contributed by atoms with van der Waals surface area (Å²) in [6, 6.07) is 3.21.